The lowest BCUT2D eigenvalue weighted by Crippen LogP contribution is -2.29. The average molecular weight is 1900 g/mol. The third-order valence-electron chi connectivity index (χ3n) is 25.1. The summed E-state index contributed by atoms with van der Waals surface area (Å²) in [5.74, 6) is 2.52. The lowest BCUT2D eigenvalue weighted by molar-refractivity contribution is -0.118. The van der Waals surface area contributed by atoms with Crippen molar-refractivity contribution >= 4 is 111 Å². The Bertz CT molecular complexity index is 8730. The summed E-state index contributed by atoms with van der Waals surface area (Å²) in [5, 5.41) is 39.1. The second-order valence-corrected chi connectivity index (χ2v) is 36.5. The molecular weight excluding hydrogens is 1810 g/mol. The number of aromatic amines is 8. The molecule has 2 saturated heterocycles. The van der Waals surface area contributed by atoms with Gasteiger partial charge < -0.3 is 48.2 Å². The first-order valence-corrected chi connectivity index (χ1v) is 46.8. The van der Waals surface area contributed by atoms with E-state index in [1.54, 1.807) is 137 Å². The fourth-order valence-electron chi connectivity index (χ4n) is 18.2. The van der Waals surface area contributed by atoms with Gasteiger partial charge in [0, 0.05) is 202 Å². The molecule has 0 spiro atoms. The van der Waals surface area contributed by atoms with Crippen molar-refractivity contribution in [2.24, 2.45) is 5.41 Å². The van der Waals surface area contributed by atoms with E-state index in [4.69, 9.17) is 37.6 Å². The number of rotatable bonds is 21. The van der Waals surface area contributed by atoms with Gasteiger partial charge in [-0.2, -0.15) is 20.4 Å². The predicted octanol–water partition coefficient (Wildman–Crippen LogP) is 20.6. The van der Waals surface area contributed by atoms with E-state index in [0.29, 0.717) is 81.5 Å². The third kappa shape index (κ3) is 18.7. The molecule has 0 radical (unpaired) electrons. The molecule has 0 atom stereocenters. The number of carbonyl (C=O) groups excluding carboxylic acids is 2. The maximum Gasteiger partial charge on any atom is 0.224 e. The zero-order chi connectivity index (χ0) is 96.4. The first kappa shape index (κ1) is 88.5. The number of carbonyl (C=O) groups is 2. The molecule has 24 aromatic heterocycles. The van der Waals surface area contributed by atoms with E-state index in [0.717, 1.165) is 212 Å². The quantitative estimate of drug-likeness (QED) is 0.0319. The van der Waals surface area contributed by atoms with Crippen molar-refractivity contribution in [1.82, 2.24) is 150 Å². The van der Waals surface area contributed by atoms with Crippen molar-refractivity contribution in [3.05, 3.63) is 258 Å². The number of nitrogens with one attached hydrogen (secondary N) is 10. The van der Waals surface area contributed by atoms with Crippen LogP contribution in [0.15, 0.2) is 265 Å². The zero-order valence-corrected chi connectivity index (χ0v) is 77.8. The van der Waals surface area contributed by atoms with Gasteiger partial charge in [0.15, 0.2) is 45.9 Å². The molecule has 143 heavy (non-hydrogen) atoms. The van der Waals surface area contributed by atoms with Gasteiger partial charge in [-0.15, -0.1) is 0 Å². The Labute approximate surface area is 811 Å². The predicted molar refractivity (Wildman–Crippen MR) is 541 cm³/mol. The number of anilines is 2. The molecular formula is C105H90N32O6. The number of H-pyrrole nitrogens is 8. The van der Waals surface area contributed by atoms with Crippen molar-refractivity contribution in [2.75, 3.05) is 36.8 Å². The molecule has 0 bridgehead atoms. The number of hydrogen-bond donors (Lipinski definition) is 10. The van der Waals surface area contributed by atoms with Crippen molar-refractivity contribution in [2.45, 2.75) is 92.2 Å². The van der Waals surface area contributed by atoms with E-state index in [-0.39, 0.29) is 17.2 Å². The van der Waals surface area contributed by atoms with E-state index in [2.05, 4.69) is 165 Å². The molecule has 10 N–H and O–H groups in total. The summed E-state index contributed by atoms with van der Waals surface area (Å²) < 4.78 is 21.0. The summed E-state index contributed by atoms with van der Waals surface area (Å²) in [6, 6.07) is 23.9. The number of piperidine rings is 1. The van der Waals surface area contributed by atoms with Crippen LogP contribution in [0, 0.1) is 5.41 Å². The van der Waals surface area contributed by atoms with Gasteiger partial charge in [-0.25, -0.2) is 39.9 Å². The van der Waals surface area contributed by atoms with E-state index in [1.165, 1.54) is 43.2 Å². The van der Waals surface area contributed by atoms with Crippen LogP contribution in [0.4, 0.5) is 11.4 Å². The fourth-order valence-corrected chi connectivity index (χ4v) is 18.2. The number of likely N-dealkylation sites (tertiary alicyclic amines) is 2. The van der Waals surface area contributed by atoms with Crippen molar-refractivity contribution in [3.63, 3.8) is 0 Å². The highest BCUT2D eigenvalue weighted by Crippen LogP contribution is 2.40. The van der Waals surface area contributed by atoms with Gasteiger partial charge in [-0.05, 0) is 148 Å². The SMILES string of the molecule is CC(C)(C)CC(=O)Nc1cncc(-c2cnc3n[nH]c(-c4nc5c(-c6ccoc6)cncc5[nH]4)c3c2)c1.CCCC(=O)Nc1cncc(-c2cnc3n[nH]c(-c4nc5c(-c6ccoc6)cncc5[nH]4)c3c2)c1.c1cc(-c2cncc3[nH]c(-c4[nH]nc5ncc(-c6cncc(CN7CCCC7)c6)cc45)nc23)co1.c1cc(-c2cncc3[nH]c(-c4[nH]nc5ncc(-c6cncc(CN7CCCCC7)c6)cc45)nc23)co1. The molecule has 0 unspecified atom stereocenters. The maximum absolute atomic E-state index is 12.4. The molecule has 2 amide bonds. The van der Waals surface area contributed by atoms with Crippen LogP contribution in [-0.2, 0) is 22.7 Å². The summed E-state index contributed by atoms with van der Waals surface area (Å²) in [5.41, 5.74) is 30.1. The molecule has 706 valence electrons. The van der Waals surface area contributed by atoms with Crippen LogP contribution in [0.3, 0.4) is 0 Å². The summed E-state index contributed by atoms with van der Waals surface area (Å²) in [4.78, 5) is 116. The van der Waals surface area contributed by atoms with Crippen LogP contribution in [-0.4, -0.2) is 188 Å². The van der Waals surface area contributed by atoms with Crippen molar-refractivity contribution in [1.29, 1.82) is 0 Å². The molecule has 26 heterocycles. The highest BCUT2D eigenvalue weighted by atomic mass is 16.3. The normalized spacial score (nSPS) is 13.1. The van der Waals surface area contributed by atoms with Gasteiger partial charge in [0.1, 0.15) is 44.8 Å². The number of imidazole rings is 4. The van der Waals surface area contributed by atoms with Gasteiger partial charge in [-0.3, -0.25) is 79.7 Å². The van der Waals surface area contributed by atoms with Crippen molar-refractivity contribution in [3.8, 4) is 135 Å². The number of aromatic nitrogens is 28. The lowest BCUT2D eigenvalue weighted by atomic mass is 9.92. The molecule has 38 heteroatoms. The van der Waals surface area contributed by atoms with Crippen LogP contribution in [0.25, 0.3) is 223 Å². The van der Waals surface area contributed by atoms with Crippen LogP contribution < -0.4 is 10.6 Å². The van der Waals surface area contributed by atoms with Gasteiger partial charge >= 0.3 is 0 Å². The van der Waals surface area contributed by atoms with E-state index in [9.17, 15) is 9.59 Å². The topological polar surface area (TPSA) is 501 Å². The average Bonchev–Trinajstić information content (AvgIpc) is 1.63. The molecule has 0 aliphatic carbocycles. The largest absolute Gasteiger partial charge is 0.472 e. The second kappa shape index (κ2) is 38.5. The highest BCUT2D eigenvalue weighted by Gasteiger charge is 2.26. The van der Waals surface area contributed by atoms with Gasteiger partial charge in [0.2, 0.25) is 11.8 Å². The summed E-state index contributed by atoms with van der Waals surface area (Å²) in [6.45, 7) is 14.5. The summed E-state index contributed by atoms with van der Waals surface area (Å²) in [7, 11) is 0. The van der Waals surface area contributed by atoms with Crippen LogP contribution in [0.1, 0.15) is 90.2 Å². The molecule has 2 aliphatic rings. The van der Waals surface area contributed by atoms with Crippen LogP contribution >= 0.6 is 0 Å². The Hall–Kier alpha value is -18.5. The minimum absolute atomic E-state index is 0.0358. The lowest BCUT2D eigenvalue weighted by Gasteiger charge is -2.26. The highest BCUT2D eigenvalue weighted by molar-refractivity contribution is 6.03. The van der Waals surface area contributed by atoms with Crippen molar-refractivity contribution < 1.29 is 27.3 Å². The monoisotopic (exact) mass is 1890 g/mol. The minimum atomic E-state index is -0.103. The number of fused-ring (bicyclic) bond motifs is 8. The Kier molecular flexibility index (Phi) is 23.8. The number of amides is 2. The fraction of sp³-hybridized carbons (Fsp3) is 0.181. The number of nitrogens with zero attached hydrogens (tertiary/aromatic N) is 22. The molecule has 24 aromatic rings. The number of furan rings is 4. The van der Waals surface area contributed by atoms with Gasteiger partial charge in [-0.1, -0.05) is 34.1 Å². The van der Waals surface area contributed by atoms with E-state index < -0.39 is 0 Å². The molecule has 2 fully saturated rings. The van der Waals surface area contributed by atoms with Crippen LogP contribution in [0.2, 0.25) is 0 Å². The molecule has 0 aromatic carbocycles. The zero-order valence-electron chi connectivity index (χ0n) is 77.8. The summed E-state index contributed by atoms with van der Waals surface area (Å²) in [6.07, 6.45) is 57.1. The maximum atomic E-state index is 12.4. The Morgan fingerprint density at radius 1 is 0.336 bits per heavy atom. The molecule has 26 rings (SSSR count). The van der Waals surface area contributed by atoms with E-state index >= 15 is 0 Å². The summed E-state index contributed by atoms with van der Waals surface area (Å²) >= 11 is 0. The first-order chi connectivity index (χ1) is 70.2. The molecule has 0 saturated carbocycles. The Morgan fingerprint density at radius 3 is 0.937 bits per heavy atom. The molecule has 2 aliphatic heterocycles. The number of hydrogen-bond acceptors (Lipinski definition) is 28. The third-order valence-corrected chi connectivity index (χ3v) is 25.1. The number of pyridine rings is 12. The standard InChI is InChI=1S/C27H24N8O2.C27H24N8O.C26H22N8O.C25H20N8O2/c1-27(2,3)8-22(36)31-18-6-16(9-28-11-18)17-7-19-24(34-35-25(19)30-10-17)26-32-21-13-29-12-20(23(21)33-26)15-4-5-37-14-15;1-2-5-35(6-3-1)15-17-8-19(11-28-10-17)20-9-21-25(33-34-26(21)30-12-20)27-31-23-14-29-13-22(24(23)32-27)18-4-7-36-16-18;1-2-5-34(4-1)14-16-7-18(10-27-9-16)19-8-20-24(32-33-25(20)29-11-19)26-30-22-13-28-12-21(23(22)31-26)17-3-6-35-15-17;1-2-3-21(34)29-17-6-15(8-26-10-17)16-7-18-23(32-33-24(18)28-9-16)25-30-20-12-27-11-19(22(20)31-25)14-4-5-35-13-14/h4-7,9-14H,8H2,1-3H3,(H,31,36)(H,32,33)(H,30,34,35);4,7-14,16H,1-3,5-6,15H2,(H,31,32)(H,30,33,34);3,6-13,15H,1-2,4-5,14H2,(H,30,31)(H,29,32,33);4-13H,2-3H2,1H3,(H,29,34)(H,30,31)(H,28,32,33). The minimum Gasteiger partial charge on any atom is -0.472 e. The Morgan fingerprint density at radius 2 is 0.629 bits per heavy atom. The van der Waals surface area contributed by atoms with Gasteiger partial charge in [0.25, 0.3) is 0 Å². The second-order valence-electron chi connectivity index (χ2n) is 36.5. The molecule has 38 nitrogen and oxygen atoms in total. The van der Waals surface area contributed by atoms with Crippen LogP contribution in [0.5, 0.6) is 0 Å². The van der Waals surface area contributed by atoms with Gasteiger partial charge in [0.05, 0.1) is 142 Å². The Balaban J connectivity index is 0.000000106. The van der Waals surface area contributed by atoms with E-state index in [1.807, 2.05) is 113 Å². The first-order valence-electron chi connectivity index (χ1n) is 46.8. The smallest absolute Gasteiger partial charge is 0.224 e.